The second kappa shape index (κ2) is 7.56. The van der Waals surface area contributed by atoms with Crippen LogP contribution in [0, 0.1) is 0 Å². The Morgan fingerprint density at radius 1 is 0.452 bits per heavy atom. The van der Waals surface area contributed by atoms with Crippen molar-refractivity contribution in [1.82, 2.24) is 19.9 Å². The third-order valence-electron chi connectivity index (χ3n) is 5.23. The molecule has 8 nitrogen and oxygen atoms in total. The fourth-order valence-corrected chi connectivity index (χ4v) is 3.41. The lowest BCUT2D eigenvalue weighted by atomic mass is 10.3. The van der Waals surface area contributed by atoms with Gasteiger partial charge >= 0.3 is 0 Å². The molecular formula is C23H22N8. The molecule has 1 aliphatic heterocycles. The smallest absolute Gasteiger partial charge is 0.136 e. The summed E-state index contributed by atoms with van der Waals surface area (Å²) in [6.07, 6.45) is 0. The van der Waals surface area contributed by atoms with Crippen LogP contribution in [0.1, 0.15) is 0 Å². The molecule has 0 radical (unpaired) electrons. The molecule has 0 saturated carbocycles. The lowest BCUT2D eigenvalue weighted by molar-refractivity contribution is 1.02. The van der Waals surface area contributed by atoms with E-state index in [4.69, 9.17) is 19.9 Å². The number of anilines is 8. The summed E-state index contributed by atoms with van der Waals surface area (Å²) in [6.45, 7) is 0. The molecule has 1 aliphatic rings. The van der Waals surface area contributed by atoms with E-state index in [0.717, 1.165) is 34.9 Å². The van der Waals surface area contributed by atoms with Crippen LogP contribution in [-0.4, -0.2) is 41.1 Å². The molecule has 31 heavy (non-hydrogen) atoms. The molecule has 0 aromatic carbocycles. The standard InChI is InChI=1S/C23H22N8/c1-29-18-10-4-8-16(25-18)24-17-9-5-11-19(26-17)30(2)21-13-7-15-23(28-21)31(3)22-14-6-12-20(29)27-22/h4-15H,1-3H3,(H,24,25,26). The Labute approximate surface area is 180 Å². The number of hydrogen-bond acceptors (Lipinski definition) is 8. The van der Waals surface area contributed by atoms with Crippen molar-refractivity contribution in [2.45, 2.75) is 0 Å². The lowest BCUT2D eigenvalue weighted by Gasteiger charge is -2.24. The highest BCUT2D eigenvalue weighted by Crippen LogP contribution is 2.29. The van der Waals surface area contributed by atoms with E-state index >= 15 is 0 Å². The van der Waals surface area contributed by atoms with Crippen molar-refractivity contribution in [3.05, 3.63) is 72.8 Å². The summed E-state index contributed by atoms with van der Waals surface area (Å²) >= 11 is 0. The summed E-state index contributed by atoms with van der Waals surface area (Å²) < 4.78 is 0. The number of pyridine rings is 4. The van der Waals surface area contributed by atoms with E-state index in [1.54, 1.807) is 0 Å². The largest absolute Gasteiger partial charge is 0.325 e. The van der Waals surface area contributed by atoms with Gasteiger partial charge in [-0.1, -0.05) is 24.3 Å². The Balaban J connectivity index is 1.69. The number of nitrogens with zero attached hydrogens (tertiary/aromatic N) is 7. The van der Waals surface area contributed by atoms with E-state index in [-0.39, 0.29) is 0 Å². The monoisotopic (exact) mass is 410 g/mol. The zero-order chi connectivity index (χ0) is 21.4. The van der Waals surface area contributed by atoms with Gasteiger partial charge in [0.1, 0.15) is 46.5 Å². The topological polar surface area (TPSA) is 73.3 Å². The molecule has 1 N–H and O–H groups in total. The predicted octanol–water partition coefficient (Wildman–Crippen LogP) is 4.63. The number of rotatable bonds is 0. The average molecular weight is 410 g/mol. The van der Waals surface area contributed by atoms with Gasteiger partial charge in [-0.15, -0.1) is 0 Å². The van der Waals surface area contributed by atoms with Gasteiger partial charge in [0.05, 0.1) is 0 Å². The van der Waals surface area contributed by atoms with Crippen LogP contribution in [-0.2, 0) is 0 Å². The second-order valence-corrected chi connectivity index (χ2v) is 7.27. The van der Waals surface area contributed by atoms with Crippen LogP contribution in [0.3, 0.4) is 0 Å². The molecule has 0 saturated heterocycles. The van der Waals surface area contributed by atoms with Gasteiger partial charge in [-0.05, 0) is 48.5 Å². The second-order valence-electron chi connectivity index (χ2n) is 7.27. The fourth-order valence-electron chi connectivity index (χ4n) is 3.41. The molecule has 0 spiro atoms. The summed E-state index contributed by atoms with van der Waals surface area (Å²) in [5.74, 6) is 6.12. The van der Waals surface area contributed by atoms with Gasteiger partial charge in [0.15, 0.2) is 0 Å². The molecule has 0 aliphatic carbocycles. The maximum absolute atomic E-state index is 4.84. The molecule has 8 heteroatoms. The first-order valence-electron chi connectivity index (χ1n) is 9.95. The molecule has 8 bridgehead atoms. The minimum atomic E-state index is 0.706. The number of hydrogen-bond donors (Lipinski definition) is 1. The summed E-state index contributed by atoms with van der Waals surface area (Å²) in [7, 11) is 5.87. The minimum absolute atomic E-state index is 0.706. The number of fused-ring (bicyclic) bond motifs is 8. The van der Waals surface area contributed by atoms with Crippen LogP contribution in [0.15, 0.2) is 72.8 Å². The van der Waals surface area contributed by atoms with Gasteiger partial charge in [-0.2, -0.15) is 0 Å². The first-order chi connectivity index (χ1) is 15.1. The van der Waals surface area contributed by atoms with Gasteiger partial charge < -0.3 is 20.0 Å². The van der Waals surface area contributed by atoms with Crippen molar-refractivity contribution in [2.24, 2.45) is 0 Å². The molecular weight excluding hydrogens is 388 g/mol. The predicted molar refractivity (Wildman–Crippen MR) is 124 cm³/mol. The number of aromatic nitrogens is 4. The zero-order valence-electron chi connectivity index (χ0n) is 17.6. The molecule has 0 fully saturated rings. The Morgan fingerprint density at radius 3 is 1.10 bits per heavy atom. The van der Waals surface area contributed by atoms with Crippen LogP contribution >= 0.6 is 0 Å². The zero-order valence-corrected chi connectivity index (χ0v) is 17.6. The third kappa shape index (κ3) is 3.59. The van der Waals surface area contributed by atoms with E-state index in [9.17, 15) is 0 Å². The maximum Gasteiger partial charge on any atom is 0.136 e. The van der Waals surface area contributed by atoms with E-state index in [1.807, 2.05) is 109 Å². The Bertz CT molecular complexity index is 1150. The fraction of sp³-hybridized carbons (Fsp3) is 0.130. The van der Waals surface area contributed by atoms with Crippen molar-refractivity contribution in [3.8, 4) is 0 Å². The van der Waals surface area contributed by atoms with Crippen LogP contribution in [0.4, 0.5) is 46.5 Å². The first kappa shape index (κ1) is 18.8. The number of nitrogens with one attached hydrogen (secondary N) is 1. The van der Waals surface area contributed by atoms with Gasteiger partial charge in [0, 0.05) is 21.1 Å². The highest BCUT2D eigenvalue weighted by molar-refractivity contribution is 5.66. The molecule has 4 aromatic heterocycles. The molecule has 0 atom stereocenters. The van der Waals surface area contributed by atoms with E-state index in [0.29, 0.717) is 11.6 Å². The van der Waals surface area contributed by atoms with Crippen molar-refractivity contribution in [3.63, 3.8) is 0 Å². The molecule has 0 unspecified atom stereocenters. The third-order valence-corrected chi connectivity index (χ3v) is 5.23. The maximum atomic E-state index is 4.84. The molecule has 154 valence electrons. The molecule has 4 aromatic rings. The highest BCUT2D eigenvalue weighted by Gasteiger charge is 2.15. The normalized spacial score (nSPS) is 13.1. The Kier molecular flexibility index (Phi) is 4.59. The Hall–Kier alpha value is -4.20. The van der Waals surface area contributed by atoms with Crippen molar-refractivity contribution < 1.29 is 0 Å². The van der Waals surface area contributed by atoms with Gasteiger partial charge in [0.2, 0.25) is 0 Å². The summed E-state index contributed by atoms with van der Waals surface area (Å²) in [5.41, 5.74) is 0. The van der Waals surface area contributed by atoms with Crippen LogP contribution in [0.25, 0.3) is 0 Å². The van der Waals surface area contributed by atoms with Gasteiger partial charge in [-0.25, -0.2) is 19.9 Å². The quantitative estimate of drug-likeness (QED) is 0.450. The van der Waals surface area contributed by atoms with Gasteiger partial charge in [-0.3, -0.25) is 0 Å². The SMILES string of the molecule is CN1c2cccc(n2)Nc2cccc(n2)N(C)c2cccc(n2)N(C)c2cccc1n2. The molecule has 5 rings (SSSR count). The Morgan fingerprint density at radius 2 is 0.742 bits per heavy atom. The van der Waals surface area contributed by atoms with Crippen LogP contribution < -0.4 is 20.0 Å². The molecule has 5 heterocycles. The minimum Gasteiger partial charge on any atom is -0.325 e. The van der Waals surface area contributed by atoms with E-state index in [1.165, 1.54) is 0 Å². The highest BCUT2D eigenvalue weighted by atomic mass is 15.3. The lowest BCUT2D eigenvalue weighted by Crippen LogP contribution is -2.19. The molecule has 0 amide bonds. The van der Waals surface area contributed by atoms with Crippen molar-refractivity contribution >= 4 is 46.5 Å². The summed E-state index contributed by atoms with van der Waals surface area (Å²) in [6, 6.07) is 23.5. The van der Waals surface area contributed by atoms with Crippen LogP contribution in [0.5, 0.6) is 0 Å². The van der Waals surface area contributed by atoms with E-state index < -0.39 is 0 Å². The summed E-state index contributed by atoms with van der Waals surface area (Å²) in [5, 5.41) is 3.30. The van der Waals surface area contributed by atoms with Crippen LogP contribution in [0.2, 0.25) is 0 Å². The van der Waals surface area contributed by atoms with Gasteiger partial charge in [0.25, 0.3) is 0 Å². The average Bonchev–Trinajstić information content (AvgIpc) is 2.82. The summed E-state index contributed by atoms with van der Waals surface area (Å²) in [4.78, 5) is 25.0. The first-order valence-corrected chi connectivity index (χ1v) is 9.95. The van der Waals surface area contributed by atoms with Crippen molar-refractivity contribution in [2.75, 3.05) is 41.2 Å². The van der Waals surface area contributed by atoms with E-state index in [2.05, 4.69) is 5.32 Å². The van der Waals surface area contributed by atoms with Crippen molar-refractivity contribution in [1.29, 1.82) is 0 Å².